The first kappa shape index (κ1) is 23.1. The molecule has 1 N–H and O–H groups in total. The minimum Gasteiger partial charge on any atom is -0.376 e. The lowest BCUT2D eigenvalue weighted by molar-refractivity contribution is -0.113. The van der Waals surface area contributed by atoms with Gasteiger partial charge in [0, 0.05) is 24.7 Å². The number of aromatic nitrogens is 3. The van der Waals surface area contributed by atoms with Gasteiger partial charge in [-0.15, -0.1) is 0 Å². The Bertz CT molecular complexity index is 1210. The third kappa shape index (κ3) is 4.70. The summed E-state index contributed by atoms with van der Waals surface area (Å²) in [5.41, 5.74) is 5.83. The molecular weight excluding hydrogens is 434 g/mol. The number of nitriles is 1. The largest absolute Gasteiger partial charge is 0.376 e. The third-order valence-corrected chi connectivity index (χ3v) is 7.35. The van der Waals surface area contributed by atoms with Crippen molar-refractivity contribution >= 4 is 23.5 Å². The van der Waals surface area contributed by atoms with Gasteiger partial charge in [-0.05, 0) is 63.3 Å². The number of rotatable bonds is 7. The van der Waals surface area contributed by atoms with Crippen molar-refractivity contribution in [1.82, 2.24) is 14.1 Å². The van der Waals surface area contributed by atoms with E-state index in [2.05, 4.69) is 42.4 Å². The zero-order chi connectivity index (χ0) is 23.5. The fourth-order valence-corrected chi connectivity index (χ4v) is 4.99. The van der Waals surface area contributed by atoms with Gasteiger partial charge < -0.3 is 14.6 Å². The van der Waals surface area contributed by atoms with Crippen LogP contribution < -0.4 is 5.32 Å². The van der Waals surface area contributed by atoms with E-state index in [0.717, 1.165) is 41.5 Å². The van der Waals surface area contributed by atoms with Gasteiger partial charge in [-0.3, -0.25) is 9.36 Å². The first-order valence-corrected chi connectivity index (χ1v) is 12.1. The fourth-order valence-electron chi connectivity index (χ4n) is 4.23. The summed E-state index contributed by atoms with van der Waals surface area (Å²) in [6.07, 6.45) is 5.80. The molecule has 1 aliphatic heterocycles. The van der Waals surface area contributed by atoms with Crippen LogP contribution in [0.3, 0.4) is 0 Å². The molecular formula is C25H29N5O2S. The lowest BCUT2D eigenvalue weighted by Crippen LogP contribution is -2.22. The summed E-state index contributed by atoms with van der Waals surface area (Å²) >= 11 is 1.38. The Morgan fingerprint density at radius 3 is 2.85 bits per heavy atom. The van der Waals surface area contributed by atoms with E-state index in [-0.39, 0.29) is 17.8 Å². The van der Waals surface area contributed by atoms with Gasteiger partial charge in [-0.1, -0.05) is 23.9 Å². The van der Waals surface area contributed by atoms with Crippen LogP contribution in [0.4, 0.5) is 5.82 Å². The van der Waals surface area contributed by atoms with Gasteiger partial charge in [0.2, 0.25) is 5.91 Å². The number of anilines is 1. The molecule has 0 radical (unpaired) electrons. The molecule has 2 aromatic heterocycles. The van der Waals surface area contributed by atoms with Gasteiger partial charge in [0.25, 0.3) is 0 Å². The number of benzene rings is 1. The summed E-state index contributed by atoms with van der Waals surface area (Å²) in [5, 5.41) is 13.5. The van der Waals surface area contributed by atoms with Crippen molar-refractivity contribution in [2.24, 2.45) is 0 Å². The number of carbonyl (C=O) groups excluding carboxylic acids is 1. The molecule has 3 heterocycles. The van der Waals surface area contributed by atoms with Crippen LogP contribution in [-0.4, -0.2) is 38.5 Å². The zero-order valence-electron chi connectivity index (χ0n) is 19.5. The second-order valence-electron chi connectivity index (χ2n) is 8.43. The third-order valence-electron chi connectivity index (χ3n) is 6.38. The second-order valence-corrected chi connectivity index (χ2v) is 9.37. The monoisotopic (exact) mass is 463 g/mol. The van der Waals surface area contributed by atoms with Crippen LogP contribution in [0.5, 0.6) is 0 Å². The van der Waals surface area contributed by atoms with Crippen LogP contribution in [0.2, 0.25) is 0 Å². The molecule has 7 nitrogen and oxygen atoms in total. The van der Waals surface area contributed by atoms with Crippen molar-refractivity contribution < 1.29 is 9.53 Å². The Kier molecular flexibility index (Phi) is 6.91. The molecule has 0 bridgehead atoms. The summed E-state index contributed by atoms with van der Waals surface area (Å²) in [6.45, 7) is 9.47. The normalized spacial score (nSPS) is 15.5. The lowest BCUT2D eigenvalue weighted by atomic mass is 10.1. The Morgan fingerprint density at radius 2 is 2.12 bits per heavy atom. The zero-order valence-corrected chi connectivity index (χ0v) is 20.3. The molecule has 1 atom stereocenters. The predicted octanol–water partition coefficient (Wildman–Crippen LogP) is 4.69. The van der Waals surface area contributed by atoms with Crippen molar-refractivity contribution in [3.05, 3.63) is 58.5 Å². The van der Waals surface area contributed by atoms with E-state index in [1.165, 1.54) is 22.9 Å². The highest BCUT2D eigenvalue weighted by Crippen LogP contribution is 2.29. The SMILES string of the molecule is Cc1cccc(-n2ccnc2SCC(=O)Nc2c(C#N)c(C)c(C)n2C[C@H]2CCCO2)c1C. The van der Waals surface area contributed by atoms with Crippen LogP contribution >= 0.6 is 11.8 Å². The number of hydrogen-bond donors (Lipinski definition) is 1. The first-order chi connectivity index (χ1) is 15.9. The van der Waals surface area contributed by atoms with E-state index in [9.17, 15) is 10.1 Å². The van der Waals surface area contributed by atoms with Gasteiger partial charge in [0.1, 0.15) is 11.9 Å². The average molecular weight is 464 g/mol. The predicted molar refractivity (Wildman–Crippen MR) is 130 cm³/mol. The Morgan fingerprint density at radius 1 is 1.30 bits per heavy atom. The van der Waals surface area contributed by atoms with Crippen LogP contribution in [-0.2, 0) is 16.1 Å². The number of carbonyl (C=O) groups is 1. The summed E-state index contributed by atoms with van der Waals surface area (Å²) in [6, 6.07) is 8.42. The summed E-state index contributed by atoms with van der Waals surface area (Å²) < 4.78 is 9.82. The maximum absolute atomic E-state index is 12.9. The molecule has 1 saturated heterocycles. The molecule has 0 spiro atoms. The van der Waals surface area contributed by atoms with Gasteiger partial charge >= 0.3 is 0 Å². The van der Waals surface area contributed by atoms with Crippen LogP contribution in [0.1, 0.15) is 40.8 Å². The Hall–Kier alpha value is -3.02. The van der Waals surface area contributed by atoms with Gasteiger partial charge in [0.05, 0.1) is 29.7 Å². The number of aryl methyl sites for hydroxylation is 1. The molecule has 0 saturated carbocycles. The molecule has 0 aliphatic carbocycles. The minimum atomic E-state index is -0.168. The Labute approximate surface area is 198 Å². The van der Waals surface area contributed by atoms with E-state index < -0.39 is 0 Å². The van der Waals surface area contributed by atoms with E-state index in [1.807, 2.05) is 35.2 Å². The topological polar surface area (TPSA) is 84.9 Å². The number of thioether (sulfide) groups is 1. The number of hydrogen-bond acceptors (Lipinski definition) is 5. The van der Waals surface area contributed by atoms with Crippen molar-refractivity contribution in [2.45, 2.75) is 58.3 Å². The fraction of sp³-hybridized carbons (Fsp3) is 0.400. The average Bonchev–Trinajstić information content (AvgIpc) is 3.53. The van der Waals surface area contributed by atoms with Crippen LogP contribution in [0.25, 0.3) is 5.69 Å². The van der Waals surface area contributed by atoms with E-state index >= 15 is 0 Å². The minimum absolute atomic E-state index is 0.108. The number of nitrogens with one attached hydrogen (secondary N) is 1. The number of ether oxygens (including phenoxy) is 1. The first-order valence-electron chi connectivity index (χ1n) is 11.1. The van der Waals surface area contributed by atoms with Crippen molar-refractivity contribution in [1.29, 1.82) is 5.26 Å². The Balaban J connectivity index is 1.51. The standard InChI is InChI=1S/C25H29N5O2S/c1-16-7-5-9-22(17(16)2)29-11-10-27-25(29)33-15-23(31)28-24-21(13-26)18(3)19(4)30(24)14-20-8-6-12-32-20/h5,7,9-11,20H,6,8,12,14-15H2,1-4H3,(H,28,31)/t20-/m1/s1. The van der Waals surface area contributed by atoms with Crippen molar-refractivity contribution in [2.75, 3.05) is 17.7 Å². The summed E-state index contributed by atoms with van der Waals surface area (Å²) in [4.78, 5) is 17.4. The molecule has 8 heteroatoms. The number of imidazole rings is 1. The smallest absolute Gasteiger partial charge is 0.235 e. The maximum Gasteiger partial charge on any atom is 0.235 e. The van der Waals surface area contributed by atoms with Gasteiger partial charge in [0.15, 0.2) is 5.16 Å². The molecule has 1 aliphatic rings. The molecule has 4 rings (SSSR count). The number of nitrogens with zero attached hydrogens (tertiary/aromatic N) is 4. The van der Waals surface area contributed by atoms with E-state index in [0.29, 0.717) is 17.9 Å². The van der Waals surface area contributed by atoms with Crippen LogP contribution in [0, 0.1) is 39.0 Å². The van der Waals surface area contributed by atoms with Gasteiger partial charge in [-0.2, -0.15) is 5.26 Å². The summed E-state index contributed by atoms with van der Waals surface area (Å²) in [5.74, 6) is 0.584. The van der Waals surface area contributed by atoms with Gasteiger partial charge in [-0.25, -0.2) is 4.98 Å². The molecule has 172 valence electrons. The quantitative estimate of drug-likeness (QED) is 0.514. The van der Waals surface area contributed by atoms with E-state index in [4.69, 9.17) is 4.74 Å². The second kappa shape index (κ2) is 9.86. The number of amides is 1. The highest BCUT2D eigenvalue weighted by molar-refractivity contribution is 7.99. The van der Waals surface area contributed by atoms with E-state index in [1.54, 1.807) is 6.20 Å². The molecule has 33 heavy (non-hydrogen) atoms. The van der Waals surface area contributed by atoms with Crippen molar-refractivity contribution in [3.8, 4) is 11.8 Å². The summed E-state index contributed by atoms with van der Waals surface area (Å²) in [7, 11) is 0. The molecule has 1 amide bonds. The molecule has 1 aromatic carbocycles. The molecule has 3 aromatic rings. The highest BCUT2D eigenvalue weighted by atomic mass is 32.2. The highest BCUT2D eigenvalue weighted by Gasteiger charge is 2.24. The van der Waals surface area contributed by atoms with Crippen molar-refractivity contribution in [3.63, 3.8) is 0 Å². The maximum atomic E-state index is 12.9. The molecule has 1 fully saturated rings. The molecule has 0 unspecified atom stereocenters. The van der Waals surface area contributed by atoms with Crippen LogP contribution in [0.15, 0.2) is 35.7 Å². The lowest BCUT2D eigenvalue weighted by Gasteiger charge is -2.17.